The van der Waals surface area contributed by atoms with Crippen LogP contribution >= 0.6 is 0 Å². The summed E-state index contributed by atoms with van der Waals surface area (Å²) >= 11 is 0. The zero-order valence-electron chi connectivity index (χ0n) is 7.14. The normalized spacial score (nSPS) is 21.7. The van der Waals surface area contributed by atoms with E-state index in [-0.39, 0.29) is 0 Å². The van der Waals surface area contributed by atoms with Crippen LogP contribution in [-0.4, -0.2) is 12.9 Å². The largest absolute Gasteiger partial charge is 0.385 e. The van der Waals surface area contributed by atoms with Crippen LogP contribution in [0.4, 0.5) is 0 Å². The van der Waals surface area contributed by atoms with Gasteiger partial charge in [0.05, 0.1) is 0 Å². The molecule has 1 aliphatic rings. The van der Waals surface area contributed by atoms with E-state index in [0.29, 0.717) is 5.92 Å². The molecule has 3 N–H and O–H groups in total. The van der Waals surface area contributed by atoms with Gasteiger partial charge in [0, 0.05) is 13.0 Å². The van der Waals surface area contributed by atoms with E-state index in [9.17, 15) is 0 Å². The van der Waals surface area contributed by atoms with Crippen molar-refractivity contribution in [3.8, 4) is 0 Å². The Kier molecular flexibility index (Phi) is 3.20. The number of nitrogens with one attached hydrogen (secondary N) is 1. The predicted molar refractivity (Wildman–Crippen MR) is 47.3 cm³/mol. The number of nitrogens with two attached hydrogens (primary N) is 1. The number of amidine groups is 1. The molecule has 1 saturated carbocycles. The molecular weight excluding hydrogens is 138 g/mol. The molecule has 64 valence electrons. The van der Waals surface area contributed by atoms with Crippen molar-refractivity contribution < 1.29 is 0 Å². The second-order valence-electron chi connectivity index (χ2n) is 3.10. The van der Waals surface area contributed by atoms with Gasteiger partial charge in [-0.3, -0.25) is 0 Å². The lowest BCUT2D eigenvalue weighted by Gasteiger charge is -2.20. The molecule has 0 spiro atoms. The van der Waals surface area contributed by atoms with Crippen LogP contribution in [0.5, 0.6) is 0 Å². The Labute approximate surface area is 68.0 Å². The van der Waals surface area contributed by atoms with Crippen LogP contribution in [0, 0.1) is 5.92 Å². The monoisotopic (exact) mass is 155 g/mol. The molecule has 0 unspecified atom stereocenters. The third-order valence-electron chi connectivity index (χ3n) is 2.26. The average molecular weight is 155 g/mol. The van der Waals surface area contributed by atoms with Crippen LogP contribution < -0.4 is 11.2 Å². The van der Waals surface area contributed by atoms with Gasteiger partial charge < -0.3 is 11.2 Å². The Morgan fingerprint density at radius 2 is 2.00 bits per heavy atom. The van der Waals surface area contributed by atoms with Crippen LogP contribution in [-0.2, 0) is 0 Å². The summed E-state index contributed by atoms with van der Waals surface area (Å²) in [5.41, 5.74) is 8.47. The first-order valence-corrected chi connectivity index (χ1v) is 4.34. The van der Waals surface area contributed by atoms with Crippen LogP contribution in [0.2, 0.25) is 0 Å². The second kappa shape index (κ2) is 4.21. The van der Waals surface area contributed by atoms with E-state index in [4.69, 9.17) is 5.73 Å². The van der Waals surface area contributed by atoms with E-state index in [2.05, 4.69) is 10.5 Å². The van der Waals surface area contributed by atoms with Gasteiger partial charge in [-0.1, -0.05) is 19.3 Å². The third kappa shape index (κ3) is 2.41. The first-order valence-electron chi connectivity index (χ1n) is 4.34. The molecule has 0 atom stereocenters. The topological polar surface area (TPSA) is 50.4 Å². The smallest absolute Gasteiger partial charge is 0.122 e. The highest BCUT2D eigenvalue weighted by Gasteiger charge is 2.16. The molecule has 0 radical (unpaired) electrons. The summed E-state index contributed by atoms with van der Waals surface area (Å²) in [4.78, 5) is 0. The van der Waals surface area contributed by atoms with Crippen molar-refractivity contribution in [2.75, 3.05) is 7.05 Å². The summed E-state index contributed by atoms with van der Waals surface area (Å²) in [5.74, 6) is 1.32. The van der Waals surface area contributed by atoms with Gasteiger partial charge in [-0.25, -0.2) is 0 Å². The number of rotatable bonds is 2. The molecule has 0 heterocycles. The lowest BCUT2D eigenvalue weighted by molar-refractivity contribution is 0.435. The lowest BCUT2D eigenvalue weighted by atomic mass is 9.89. The molecule has 1 fully saturated rings. The lowest BCUT2D eigenvalue weighted by Crippen LogP contribution is -2.27. The molecule has 1 aliphatic carbocycles. The molecule has 0 aromatic carbocycles. The number of nitrogens with zero attached hydrogens (tertiary/aromatic N) is 1. The maximum Gasteiger partial charge on any atom is 0.122 e. The number of hydrogen-bond donors (Lipinski definition) is 2. The molecule has 0 bridgehead atoms. The fourth-order valence-corrected chi connectivity index (χ4v) is 1.62. The fourth-order valence-electron chi connectivity index (χ4n) is 1.62. The highest BCUT2D eigenvalue weighted by molar-refractivity contribution is 5.82. The second-order valence-corrected chi connectivity index (χ2v) is 3.10. The molecule has 0 saturated heterocycles. The van der Waals surface area contributed by atoms with Crippen molar-refractivity contribution >= 4 is 5.84 Å². The van der Waals surface area contributed by atoms with Crippen LogP contribution in [0.25, 0.3) is 0 Å². The van der Waals surface area contributed by atoms with Crippen LogP contribution in [0.15, 0.2) is 5.10 Å². The minimum Gasteiger partial charge on any atom is -0.385 e. The molecule has 0 aliphatic heterocycles. The first kappa shape index (κ1) is 8.37. The molecule has 0 aromatic rings. The molecule has 0 aromatic heterocycles. The summed E-state index contributed by atoms with van der Waals surface area (Å²) in [5, 5.41) is 3.99. The Morgan fingerprint density at radius 1 is 1.36 bits per heavy atom. The van der Waals surface area contributed by atoms with E-state index in [1.54, 1.807) is 7.05 Å². The Hall–Kier alpha value is -0.730. The molecule has 3 heteroatoms. The Bertz CT molecular complexity index is 136. The van der Waals surface area contributed by atoms with Crippen molar-refractivity contribution in [3.63, 3.8) is 0 Å². The molecule has 3 nitrogen and oxygen atoms in total. The first-order chi connectivity index (χ1) is 5.34. The predicted octanol–water partition coefficient (Wildman–Crippen LogP) is 1.06. The van der Waals surface area contributed by atoms with Gasteiger partial charge in [-0.2, -0.15) is 5.10 Å². The summed E-state index contributed by atoms with van der Waals surface area (Å²) in [7, 11) is 1.79. The molecule has 0 amide bonds. The average Bonchev–Trinajstić information content (AvgIpc) is 2.07. The highest BCUT2D eigenvalue weighted by Crippen LogP contribution is 2.23. The van der Waals surface area contributed by atoms with Crippen molar-refractivity contribution in [1.82, 2.24) is 5.43 Å². The summed E-state index contributed by atoms with van der Waals surface area (Å²) in [6, 6.07) is 0. The van der Waals surface area contributed by atoms with Gasteiger partial charge in [0.25, 0.3) is 0 Å². The molecule has 11 heavy (non-hydrogen) atoms. The zero-order chi connectivity index (χ0) is 8.10. The number of hydrogen-bond acceptors (Lipinski definition) is 2. The Balaban J connectivity index is 2.38. The van der Waals surface area contributed by atoms with Crippen LogP contribution in [0.3, 0.4) is 0 Å². The Morgan fingerprint density at radius 3 is 2.55 bits per heavy atom. The van der Waals surface area contributed by atoms with Gasteiger partial charge in [-0.05, 0) is 12.8 Å². The number of hydrazone groups is 1. The van der Waals surface area contributed by atoms with Gasteiger partial charge in [0.1, 0.15) is 5.84 Å². The minimum absolute atomic E-state index is 0.538. The van der Waals surface area contributed by atoms with Crippen molar-refractivity contribution in [1.29, 1.82) is 0 Å². The van der Waals surface area contributed by atoms with Crippen molar-refractivity contribution in [2.45, 2.75) is 32.1 Å². The third-order valence-corrected chi connectivity index (χ3v) is 2.26. The van der Waals surface area contributed by atoms with E-state index in [1.807, 2.05) is 0 Å². The maximum absolute atomic E-state index is 5.75. The highest BCUT2D eigenvalue weighted by atomic mass is 15.3. The standard InChI is InChI=1S/C8H17N3/c1-10-11-8(9)7-5-3-2-4-6-7/h7,10H,2-6H2,1H3,(H2,9,11). The van der Waals surface area contributed by atoms with Crippen LogP contribution in [0.1, 0.15) is 32.1 Å². The van der Waals surface area contributed by atoms with Gasteiger partial charge in [0.2, 0.25) is 0 Å². The molecular formula is C8H17N3. The SMILES string of the molecule is CN/N=C(\N)C1CCCCC1. The summed E-state index contributed by atoms with van der Waals surface area (Å²) < 4.78 is 0. The fraction of sp³-hybridized carbons (Fsp3) is 0.875. The summed E-state index contributed by atoms with van der Waals surface area (Å²) in [6.45, 7) is 0. The van der Waals surface area contributed by atoms with Crippen molar-refractivity contribution in [3.05, 3.63) is 0 Å². The van der Waals surface area contributed by atoms with Gasteiger partial charge in [-0.15, -0.1) is 0 Å². The quantitative estimate of drug-likeness (QED) is 0.356. The summed E-state index contributed by atoms with van der Waals surface area (Å²) in [6.07, 6.45) is 6.42. The maximum atomic E-state index is 5.75. The van der Waals surface area contributed by atoms with Gasteiger partial charge in [0.15, 0.2) is 0 Å². The van der Waals surface area contributed by atoms with E-state index >= 15 is 0 Å². The van der Waals surface area contributed by atoms with Gasteiger partial charge >= 0.3 is 0 Å². The minimum atomic E-state index is 0.538. The molecule has 1 rings (SSSR count). The van der Waals surface area contributed by atoms with E-state index in [0.717, 1.165) is 5.84 Å². The van der Waals surface area contributed by atoms with Crippen molar-refractivity contribution in [2.24, 2.45) is 16.8 Å². The van der Waals surface area contributed by atoms with E-state index in [1.165, 1.54) is 32.1 Å². The van der Waals surface area contributed by atoms with E-state index < -0.39 is 0 Å². The zero-order valence-corrected chi connectivity index (χ0v) is 7.14.